The molecule has 2 aromatic carbocycles. The van der Waals surface area contributed by atoms with Gasteiger partial charge in [-0.25, -0.2) is 0 Å². The smallest absolute Gasteiger partial charge is 0.266 e. The van der Waals surface area contributed by atoms with Crippen molar-refractivity contribution < 1.29 is 14.3 Å². The molecule has 0 bridgehead atoms. The molecule has 0 heterocycles. The minimum absolute atomic E-state index is 0.0113. The molecule has 0 spiro atoms. The molecule has 0 saturated heterocycles. The first kappa shape index (κ1) is 20.5. The van der Waals surface area contributed by atoms with E-state index in [2.05, 4.69) is 21.2 Å². The molecule has 2 aromatic rings. The highest BCUT2D eigenvalue weighted by Crippen LogP contribution is 2.34. The molecule has 140 valence electrons. The van der Waals surface area contributed by atoms with Gasteiger partial charge in [-0.05, 0) is 61.7 Å². The van der Waals surface area contributed by atoms with Gasteiger partial charge in [0.2, 0.25) is 0 Å². The van der Waals surface area contributed by atoms with Crippen molar-refractivity contribution in [2.45, 2.75) is 20.8 Å². The van der Waals surface area contributed by atoms with Crippen molar-refractivity contribution >= 4 is 33.6 Å². The maximum absolute atomic E-state index is 12.6. The van der Waals surface area contributed by atoms with Crippen molar-refractivity contribution in [1.82, 2.24) is 0 Å². The molecular formula is C21H21BrN2O3. The fourth-order valence-corrected chi connectivity index (χ4v) is 2.89. The van der Waals surface area contributed by atoms with Crippen LogP contribution in [0.25, 0.3) is 6.08 Å². The lowest BCUT2D eigenvalue weighted by atomic mass is 10.1. The molecule has 0 radical (unpaired) electrons. The zero-order chi connectivity index (χ0) is 20.0. The Balaban J connectivity index is 2.36. The summed E-state index contributed by atoms with van der Waals surface area (Å²) in [6.45, 7) is 6.23. The van der Waals surface area contributed by atoms with Crippen LogP contribution in [0, 0.1) is 25.2 Å². The third-order valence-corrected chi connectivity index (χ3v) is 4.58. The number of carbonyl (C=O) groups is 1. The Labute approximate surface area is 167 Å². The van der Waals surface area contributed by atoms with E-state index in [1.165, 1.54) is 13.2 Å². The van der Waals surface area contributed by atoms with Gasteiger partial charge >= 0.3 is 0 Å². The maximum atomic E-state index is 12.6. The van der Waals surface area contributed by atoms with Gasteiger partial charge in [-0.1, -0.05) is 28.1 Å². The Kier molecular flexibility index (Phi) is 7.03. The molecule has 0 unspecified atom stereocenters. The van der Waals surface area contributed by atoms with Crippen molar-refractivity contribution in [1.29, 1.82) is 5.26 Å². The quantitative estimate of drug-likeness (QED) is 0.517. The first-order valence-corrected chi connectivity index (χ1v) is 9.19. The standard InChI is InChI=1S/C21H21BrN2O3/c1-5-27-20-11-17(22)15(10-19(20)26-4)9-16(12-23)21(25)24-18-8-13(2)6-7-14(18)3/h6-11H,5H2,1-4H3,(H,24,25)/b16-9+. The van der Waals surface area contributed by atoms with Gasteiger partial charge in [0.15, 0.2) is 11.5 Å². The number of nitriles is 1. The second-order valence-corrected chi connectivity index (χ2v) is 6.75. The molecule has 27 heavy (non-hydrogen) atoms. The van der Waals surface area contributed by atoms with Crippen LogP contribution in [-0.2, 0) is 4.79 Å². The summed E-state index contributed by atoms with van der Waals surface area (Å²) in [4.78, 5) is 12.6. The summed E-state index contributed by atoms with van der Waals surface area (Å²) >= 11 is 3.45. The van der Waals surface area contributed by atoms with Crippen LogP contribution >= 0.6 is 15.9 Å². The highest BCUT2D eigenvalue weighted by molar-refractivity contribution is 9.10. The van der Waals surface area contributed by atoms with Gasteiger partial charge in [0, 0.05) is 10.2 Å². The number of carbonyl (C=O) groups excluding carboxylic acids is 1. The van der Waals surface area contributed by atoms with Gasteiger partial charge in [-0.3, -0.25) is 4.79 Å². The van der Waals surface area contributed by atoms with E-state index in [-0.39, 0.29) is 5.57 Å². The van der Waals surface area contributed by atoms with Gasteiger partial charge in [0.05, 0.1) is 13.7 Å². The molecule has 0 saturated carbocycles. The molecule has 1 amide bonds. The molecule has 0 atom stereocenters. The Morgan fingerprint density at radius 2 is 2.00 bits per heavy atom. The van der Waals surface area contributed by atoms with Gasteiger partial charge in [0.25, 0.3) is 5.91 Å². The number of benzene rings is 2. The van der Waals surface area contributed by atoms with Crippen LogP contribution in [0.3, 0.4) is 0 Å². The van der Waals surface area contributed by atoms with Crippen LogP contribution in [-0.4, -0.2) is 19.6 Å². The third kappa shape index (κ3) is 5.11. The van der Waals surface area contributed by atoms with E-state index in [1.807, 2.05) is 45.0 Å². The van der Waals surface area contributed by atoms with Crippen LogP contribution < -0.4 is 14.8 Å². The number of anilines is 1. The Morgan fingerprint density at radius 3 is 2.63 bits per heavy atom. The van der Waals surface area contributed by atoms with E-state index in [1.54, 1.807) is 12.1 Å². The van der Waals surface area contributed by atoms with Crippen molar-refractivity contribution in [2.24, 2.45) is 0 Å². The average Bonchev–Trinajstić information content (AvgIpc) is 2.64. The summed E-state index contributed by atoms with van der Waals surface area (Å²) < 4.78 is 11.6. The summed E-state index contributed by atoms with van der Waals surface area (Å²) in [7, 11) is 1.54. The normalized spacial score (nSPS) is 10.9. The number of ether oxygens (including phenoxy) is 2. The number of nitrogens with zero attached hydrogens (tertiary/aromatic N) is 1. The summed E-state index contributed by atoms with van der Waals surface area (Å²) in [5.41, 5.74) is 3.27. The zero-order valence-electron chi connectivity index (χ0n) is 15.7. The topological polar surface area (TPSA) is 71.3 Å². The fourth-order valence-electron chi connectivity index (χ4n) is 2.45. The van der Waals surface area contributed by atoms with Crippen molar-refractivity contribution in [3.63, 3.8) is 0 Å². The van der Waals surface area contributed by atoms with Gasteiger partial charge in [-0.2, -0.15) is 5.26 Å². The summed E-state index contributed by atoms with van der Waals surface area (Å²) in [5.74, 6) is 0.645. The lowest BCUT2D eigenvalue weighted by Crippen LogP contribution is -2.14. The second kappa shape index (κ2) is 9.24. The number of nitrogens with one attached hydrogen (secondary N) is 1. The predicted octanol–water partition coefficient (Wildman–Crippen LogP) is 5.02. The Bertz CT molecular complexity index is 930. The first-order chi connectivity index (χ1) is 12.9. The first-order valence-electron chi connectivity index (χ1n) is 8.40. The molecule has 0 aliphatic carbocycles. The number of amides is 1. The molecule has 0 aliphatic heterocycles. The van der Waals surface area contributed by atoms with Crippen LogP contribution in [0.5, 0.6) is 11.5 Å². The van der Waals surface area contributed by atoms with E-state index >= 15 is 0 Å². The van der Waals surface area contributed by atoms with Gasteiger partial charge in [-0.15, -0.1) is 0 Å². The maximum Gasteiger partial charge on any atom is 0.266 e. The molecule has 6 heteroatoms. The average molecular weight is 429 g/mol. The number of aryl methyl sites for hydroxylation is 2. The molecule has 0 aromatic heterocycles. The van der Waals surface area contributed by atoms with Crippen LogP contribution in [0.1, 0.15) is 23.6 Å². The van der Waals surface area contributed by atoms with Crippen molar-refractivity contribution in [2.75, 3.05) is 19.0 Å². The van der Waals surface area contributed by atoms with E-state index < -0.39 is 5.91 Å². The van der Waals surface area contributed by atoms with Crippen molar-refractivity contribution in [3.8, 4) is 17.6 Å². The number of rotatable bonds is 6. The largest absolute Gasteiger partial charge is 0.493 e. The minimum Gasteiger partial charge on any atom is -0.493 e. The molecule has 5 nitrogen and oxygen atoms in total. The van der Waals surface area contributed by atoms with Crippen LogP contribution in [0.15, 0.2) is 40.4 Å². The Hall–Kier alpha value is -2.78. The van der Waals surface area contributed by atoms with Gasteiger partial charge in [0.1, 0.15) is 11.6 Å². The summed E-state index contributed by atoms with van der Waals surface area (Å²) in [6.07, 6.45) is 1.52. The van der Waals surface area contributed by atoms with Crippen LogP contribution in [0.4, 0.5) is 5.69 Å². The fraction of sp³-hybridized carbons (Fsp3) is 0.238. The van der Waals surface area contributed by atoms with E-state index in [0.717, 1.165) is 11.1 Å². The monoisotopic (exact) mass is 428 g/mol. The number of hydrogen-bond donors (Lipinski definition) is 1. The summed E-state index contributed by atoms with van der Waals surface area (Å²) in [5, 5.41) is 12.3. The van der Waals surface area contributed by atoms with E-state index in [0.29, 0.717) is 33.8 Å². The van der Waals surface area contributed by atoms with E-state index in [9.17, 15) is 10.1 Å². The zero-order valence-corrected chi connectivity index (χ0v) is 17.3. The molecular weight excluding hydrogens is 408 g/mol. The lowest BCUT2D eigenvalue weighted by molar-refractivity contribution is -0.112. The van der Waals surface area contributed by atoms with E-state index in [4.69, 9.17) is 9.47 Å². The number of methoxy groups -OCH3 is 1. The SMILES string of the molecule is CCOc1cc(Br)c(/C=C(\C#N)C(=O)Nc2cc(C)ccc2C)cc1OC. The molecule has 0 aliphatic rings. The van der Waals surface area contributed by atoms with Gasteiger partial charge < -0.3 is 14.8 Å². The highest BCUT2D eigenvalue weighted by Gasteiger charge is 2.14. The number of halogens is 1. The minimum atomic E-state index is -0.467. The molecule has 0 fully saturated rings. The number of hydrogen-bond acceptors (Lipinski definition) is 4. The van der Waals surface area contributed by atoms with Crippen LogP contribution in [0.2, 0.25) is 0 Å². The molecule has 2 rings (SSSR count). The molecule has 1 N–H and O–H groups in total. The van der Waals surface area contributed by atoms with Crippen molar-refractivity contribution in [3.05, 3.63) is 57.1 Å². The summed E-state index contributed by atoms with van der Waals surface area (Å²) in [6, 6.07) is 11.2. The third-order valence-electron chi connectivity index (χ3n) is 3.89. The Morgan fingerprint density at radius 1 is 1.26 bits per heavy atom. The highest BCUT2D eigenvalue weighted by atomic mass is 79.9. The predicted molar refractivity (Wildman–Crippen MR) is 110 cm³/mol. The second-order valence-electron chi connectivity index (χ2n) is 5.90. The lowest BCUT2D eigenvalue weighted by Gasteiger charge is -2.12.